The summed E-state index contributed by atoms with van der Waals surface area (Å²) in [6.45, 7) is -0.597. The monoisotopic (exact) mass is 217 g/mol. The van der Waals surface area contributed by atoms with Gasteiger partial charge in [0, 0.05) is 0 Å². The van der Waals surface area contributed by atoms with Gasteiger partial charge < -0.3 is 14.6 Å². The van der Waals surface area contributed by atoms with Gasteiger partial charge in [0.15, 0.2) is 0 Å². The molecule has 1 heterocycles. The highest BCUT2D eigenvalue weighted by Gasteiger charge is 2.25. The van der Waals surface area contributed by atoms with Crippen molar-refractivity contribution < 1.29 is 29.0 Å². The largest absolute Gasteiger partial charge is 0.480 e. The van der Waals surface area contributed by atoms with Crippen LogP contribution in [-0.2, 0) is 23.9 Å². The maximum atomic E-state index is 11.1. The van der Waals surface area contributed by atoms with Crippen LogP contribution in [0.15, 0.2) is 0 Å². The molecule has 1 aliphatic rings. The Morgan fingerprint density at radius 1 is 1.40 bits per heavy atom. The van der Waals surface area contributed by atoms with E-state index in [0.29, 0.717) is 0 Å². The molecule has 1 aliphatic heterocycles. The third-order valence-electron chi connectivity index (χ3n) is 1.74. The third-order valence-corrected chi connectivity index (χ3v) is 1.74. The van der Waals surface area contributed by atoms with Crippen LogP contribution in [0.2, 0.25) is 0 Å². The summed E-state index contributed by atoms with van der Waals surface area (Å²) in [5.41, 5.74) is 0. The lowest BCUT2D eigenvalue weighted by atomic mass is 10.4. The Morgan fingerprint density at radius 2 is 2.00 bits per heavy atom. The average Bonchev–Trinajstić information content (AvgIpc) is 2.15. The summed E-state index contributed by atoms with van der Waals surface area (Å²) in [5, 5.41) is 8.26. The number of imide groups is 1. The zero-order valence-electron chi connectivity index (χ0n) is 7.97. The summed E-state index contributed by atoms with van der Waals surface area (Å²) in [7, 11) is 0. The van der Waals surface area contributed by atoms with Crippen molar-refractivity contribution >= 4 is 17.8 Å². The molecule has 0 spiro atoms. The van der Waals surface area contributed by atoms with Crippen LogP contribution in [0.1, 0.15) is 0 Å². The lowest BCUT2D eigenvalue weighted by Gasteiger charge is -2.24. The van der Waals surface area contributed by atoms with Crippen LogP contribution in [0.25, 0.3) is 0 Å². The minimum Gasteiger partial charge on any atom is -0.480 e. The van der Waals surface area contributed by atoms with Gasteiger partial charge in [-0.2, -0.15) is 0 Å². The molecule has 0 aromatic carbocycles. The lowest BCUT2D eigenvalue weighted by molar-refractivity contribution is -0.159. The SMILES string of the molecule is O=C(O)COCCN1C(=O)COCC1=O. The highest BCUT2D eigenvalue weighted by atomic mass is 16.5. The van der Waals surface area contributed by atoms with Crippen molar-refractivity contribution in [1.82, 2.24) is 4.90 Å². The first-order valence-corrected chi connectivity index (χ1v) is 4.31. The van der Waals surface area contributed by atoms with Crippen molar-refractivity contribution in [2.24, 2.45) is 0 Å². The molecule has 0 saturated carbocycles. The number of carbonyl (C=O) groups is 3. The molecule has 1 fully saturated rings. The Morgan fingerprint density at radius 3 is 2.53 bits per heavy atom. The molecule has 7 heteroatoms. The predicted octanol–water partition coefficient (Wildman–Crippen LogP) is -1.53. The molecule has 0 unspecified atom stereocenters. The molecular weight excluding hydrogens is 206 g/mol. The van der Waals surface area contributed by atoms with Crippen LogP contribution in [0.4, 0.5) is 0 Å². The van der Waals surface area contributed by atoms with Crippen LogP contribution < -0.4 is 0 Å². The van der Waals surface area contributed by atoms with E-state index >= 15 is 0 Å². The molecule has 7 nitrogen and oxygen atoms in total. The number of rotatable bonds is 5. The Balaban J connectivity index is 2.26. The molecule has 0 aromatic rings. The van der Waals surface area contributed by atoms with Gasteiger partial charge in [0.2, 0.25) is 0 Å². The van der Waals surface area contributed by atoms with Crippen LogP contribution in [-0.4, -0.2) is 60.8 Å². The smallest absolute Gasteiger partial charge is 0.329 e. The van der Waals surface area contributed by atoms with E-state index in [2.05, 4.69) is 0 Å². The summed E-state index contributed by atoms with van der Waals surface area (Å²) >= 11 is 0. The molecule has 1 saturated heterocycles. The first kappa shape index (κ1) is 11.6. The molecule has 0 aliphatic carbocycles. The van der Waals surface area contributed by atoms with Crippen molar-refractivity contribution in [3.8, 4) is 0 Å². The Bertz CT molecular complexity index is 260. The highest BCUT2D eigenvalue weighted by Crippen LogP contribution is 2.00. The maximum absolute atomic E-state index is 11.1. The summed E-state index contributed by atoms with van der Waals surface area (Å²) < 4.78 is 9.40. The first-order chi connectivity index (χ1) is 7.11. The van der Waals surface area contributed by atoms with E-state index in [1.807, 2.05) is 0 Å². The van der Waals surface area contributed by atoms with Gasteiger partial charge in [-0.05, 0) is 0 Å². The van der Waals surface area contributed by atoms with Gasteiger partial charge >= 0.3 is 5.97 Å². The molecule has 2 amide bonds. The van der Waals surface area contributed by atoms with Gasteiger partial charge in [-0.3, -0.25) is 14.5 Å². The first-order valence-electron chi connectivity index (χ1n) is 4.31. The molecular formula is C8H11NO6. The zero-order valence-corrected chi connectivity index (χ0v) is 7.97. The Kier molecular flexibility index (Phi) is 4.19. The number of hydrogen-bond donors (Lipinski definition) is 1. The Hall–Kier alpha value is -1.47. The summed E-state index contributed by atoms with van der Waals surface area (Å²) in [5.74, 6) is -1.94. The second-order valence-corrected chi connectivity index (χ2v) is 2.88. The van der Waals surface area contributed by atoms with Crippen molar-refractivity contribution in [1.29, 1.82) is 0 Å². The van der Waals surface area contributed by atoms with Gasteiger partial charge in [-0.25, -0.2) is 4.79 Å². The second-order valence-electron chi connectivity index (χ2n) is 2.88. The molecule has 1 N–H and O–H groups in total. The molecule has 0 bridgehead atoms. The molecule has 15 heavy (non-hydrogen) atoms. The minimum absolute atomic E-state index is 0.0176. The van der Waals surface area contributed by atoms with E-state index < -0.39 is 24.4 Å². The zero-order chi connectivity index (χ0) is 11.3. The molecule has 0 atom stereocenters. The number of morpholine rings is 1. The topological polar surface area (TPSA) is 93.1 Å². The summed E-state index contributed by atoms with van der Waals surface area (Å²) in [4.78, 5) is 33.4. The number of carbonyl (C=O) groups excluding carboxylic acids is 2. The quantitative estimate of drug-likeness (QED) is 0.443. The van der Waals surface area contributed by atoms with Crippen molar-refractivity contribution in [2.75, 3.05) is 33.0 Å². The molecule has 0 radical (unpaired) electrons. The van der Waals surface area contributed by atoms with Crippen LogP contribution >= 0.6 is 0 Å². The van der Waals surface area contributed by atoms with E-state index in [4.69, 9.17) is 14.6 Å². The highest BCUT2D eigenvalue weighted by molar-refractivity contribution is 5.98. The molecule has 1 rings (SSSR count). The van der Waals surface area contributed by atoms with Crippen LogP contribution in [0, 0.1) is 0 Å². The molecule has 84 valence electrons. The van der Waals surface area contributed by atoms with Crippen LogP contribution in [0.3, 0.4) is 0 Å². The van der Waals surface area contributed by atoms with Gasteiger partial charge in [0.25, 0.3) is 11.8 Å². The number of aliphatic carboxylic acids is 1. The second kappa shape index (κ2) is 5.42. The Labute approximate surface area is 85.6 Å². The van der Waals surface area contributed by atoms with Gasteiger partial charge in [-0.1, -0.05) is 0 Å². The number of amides is 2. The summed E-state index contributed by atoms with van der Waals surface area (Å²) in [6.07, 6.45) is 0. The lowest BCUT2D eigenvalue weighted by Crippen LogP contribution is -2.47. The fourth-order valence-corrected chi connectivity index (χ4v) is 1.09. The average molecular weight is 217 g/mol. The standard InChI is InChI=1S/C8H11NO6/c10-6-3-15-4-7(11)9(6)1-2-14-5-8(12)13/h1-5H2,(H,12,13). The number of hydrogen-bond acceptors (Lipinski definition) is 5. The van der Waals surface area contributed by atoms with Crippen molar-refractivity contribution in [3.63, 3.8) is 0 Å². The van der Waals surface area contributed by atoms with Gasteiger partial charge in [-0.15, -0.1) is 0 Å². The fraction of sp³-hybridized carbons (Fsp3) is 0.625. The fourth-order valence-electron chi connectivity index (χ4n) is 1.09. The maximum Gasteiger partial charge on any atom is 0.329 e. The molecule has 0 aromatic heterocycles. The summed E-state index contributed by atoms with van der Waals surface area (Å²) in [6, 6.07) is 0. The van der Waals surface area contributed by atoms with E-state index in [0.717, 1.165) is 4.90 Å². The third kappa shape index (κ3) is 3.64. The van der Waals surface area contributed by atoms with Crippen molar-refractivity contribution in [2.45, 2.75) is 0 Å². The van der Waals surface area contributed by atoms with E-state index in [1.165, 1.54) is 0 Å². The number of carboxylic acids is 1. The van der Waals surface area contributed by atoms with Crippen molar-refractivity contribution in [3.05, 3.63) is 0 Å². The predicted molar refractivity (Wildman–Crippen MR) is 46.0 cm³/mol. The number of nitrogens with zero attached hydrogens (tertiary/aromatic N) is 1. The van der Waals surface area contributed by atoms with E-state index in [9.17, 15) is 14.4 Å². The van der Waals surface area contributed by atoms with E-state index in [1.54, 1.807) is 0 Å². The number of carboxylic acid groups (broad SMARTS) is 1. The van der Waals surface area contributed by atoms with Crippen LogP contribution in [0.5, 0.6) is 0 Å². The minimum atomic E-state index is -1.09. The van der Waals surface area contributed by atoms with Gasteiger partial charge in [0.05, 0.1) is 13.2 Å². The normalized spacial score (nSPS) is 16.9. The van der Waals surface area contributed by atoms with E-state index in [-0.39, 0.29) is 26.4 Å². The number of ether oxygens (including phenoxy) is 2. The van der Waals surface area contributed by atoms with Gasteiger partial charge in [0.1, 0.15) is 19.8 Å².